The maximum absolute atomic E-state index is 9.79. The van der Waals surface area contributed by atoms with Crippen LogP contribution in [0.5, 0.6) is 5.75 Å². The van der Waals surface area contributed by atoms with Crippen LogP contribution < -0.4 is 10.5 Å². The first kappa shape index (κ1) is 13.4. The molecule has 1 heterocycles. The molecule has 0 unspecified atom stereocenters. The van der Waals surface area contributed by atoms with Crippen molar-refractivity contribution >= 4 is 5.69 Å². The molecule has 1 aromatic carbocycles. The molecule has 102 valence electrons. The van der Waals surface area contributed by atoms with Gasteiger partial charge in [0.15, 0.2) is 0 Å². The number of benzene rings is 1. The summed E-state index contributed by atoms with van der Waals surface area (Å²) in [5.41, 5.74) is 7.48. The van der Waals surface area contributed by atoms with Gasteiger partial charge in [0.05, 0.1) is 25.5 Å². The standard InChI is InChI=1S/C14H19N3O2/c1-14(2,18)9-17-8-10(7-16-17)12-6-11(15)4-5-13(12)19-3/h4-8,18H,9,15H2,1-3H3. The summed E-state index contributed by atoms with van der Waals surface area (Å²) >= 11 is 0. The van der Waals surface area contributed by atoms with E-state index in [0.717, 1.165) is 16.9 Å². The second-order valence-corrected chi connectivity index (χ2v) is 5.20. The molecule has 0 amide bonds. The van der Waals surface area contributed by atoms with Gasteiger partial charge in [-0.05, 0) is 32.0 Å². The Morgan fingerprint density at radius 2 is 2.16 bits per heavy atom. The molecule has 2 aromatic rings. The van der Waals surface area contributed by atoms with Crippen LogP contribution in [-0.4, -0.2) is 27.6 Å². The zero-order chi connectivity index (χ0) is 14.0. The number of methoxy groups -OCH3 is 1. The summed E-state index contributed by atoms with van der Waals surface area (Å²) in [5, 5.41) is 14.0. The maximum Gasteiger partial charge on any atom is 0.126 e. The summed E-state index contributed by atoms with van der Waals surface area (Å²) < 4.78 is 7.03. The lowest BCUT2D eigenvalue weighted by molar-refractivity contribution is 0.0577. The Morgan fingerprint density at radius 1 is 1.42 bits per heavy atom. The van der Waals surface area contributed by atoms with E-state index in [1.54, 1.807) is 37.9 Å². The van der Waals surface area contributed by atoms with E-state index in [1.165, 1.54) is 0 Å². The van der Waals surface area contributed by atoms with Gasteiger partial charge in [-0.15, -0.1) is 0 Å². The second kappa shape index (κ2) is 4.93. The van der Waals surface area contributed by atoms with E-state index in [9.17, 15) is 5.11 Å². The molecule has 0 aliphatic rings. The number of ether oxygens (including phenoxy) is 1. The number of anilines is 1. The van der Waals surface area contributed by atoms with Crippen LogP contribution in [0.4, 0.5) is 5.69 Å². The molecule has 0 aliphatic heterocycles. The topological polar surface area (TPSA) is 73.3 Å². The van der Waals surface area contributed by atoms with Gasteiger partial charge >= 0.3 is 0 Å². The third kappa shape index (κ3) is 3.26. The molecule has 0 fully saturated rings. The third-order valence-electron chi connectivity index (χ3n) is 2.72. The Bertz CT molecular complexity index is 570. The second-order valence-electron chi connectivity index (χ2n) is 5.20. The number of nitrogens with zero attached hydrogens (tertiary/aromatic N) is 2. The predicted molar refractivity (Wildman–Crippen MR) is 74.9 cm³/mol. The van der Waals surface area contributed by atoms with Crippen LogP contribution in [0.25, 0.3) is 11.1 Å². The van der Waals surface area contributed by atoms with Gasteiger partial charge in [0.2, 0.25) is 0 Å². The molecule has 1 aromatic heterocycles. The molecule has 0 saturated carbocycles. The molecule has 0 atom stereocenters. The monoisotopic (exact) mass is 261 g/mol. The number of nitrogen functional groups attached to an aromatic ring is 1. The van der Waals surface area contributed by atoms with Gasteiger partial charge in [0.25, 0.3) is 0 Å². The van der Waals surface area contributed by atoms with Gasteiger partial charge in [0, 0.05) is 23.0 Å². The van der Waals surface area contributed by atoms with Crippen molar-refractivity contribution < 1.29 is 9.84 Å². The summed E-state index contributed by atoms with van der Waals surface area (Å²) in [5.74, 6) is 0.747. The smallest absolute Gasteiger partial charge is 0.126 e. The fraction of sp³-hybridized carbons (Fsp3) is 0.357. The molecule has 0 saturated heterocycles. The molecule has 2 rings (SSSR count). The van der Waals surface area contributed by atoms with Crippen LogP contribution in [0, 0.1) is 0 Å². The summed E-state index contributed by atoms with van der Waals surface area (Å²) in [7, 11) is 1.62. The minimum absolute atomic E-state index is 0.428. The highest BCUT2D eigenvalue weighted by molar-refractivity contribution is 5.72. The largest absolute Gasteiger partial charge is 0.496 e. The number of hydrogen-bond donors (Lipinski definition) is 2. The van der Waals surface area contributed by atoms with Gasteiger partial charge in [0.1, 0.15) is 5.75 Å². The zero-order valence-corrected chi connectivity index (χ0v) is 11.4. The van der Waals surface area contributed by atoms with Crippen LogP contribution in [0.3, 0.4) is 0 Å². The molecule has 5 nitrogen and oxygen atoms in total. The van der Waals surface area contributed by atoms with E-state index in [-0.39, 0.29) is 0 Å². The fourth-order valence-corrected chi connectivity index (χ4v) is 1.94. The highest BCUT2D eigenvalue weighted by Gasteiger charge is 2.15. The number of aromatic nitrogens is 2. The lowest BCUT2D eigenvalue weighted by Gasteiger charge is -2.16. The number of aliphatic hydroxyl groups is 1. The van der Waals surface area contributed by atoms with Crippen LogP contribution in [0.2, 0.25) is 0 Å². The van der Waals surface area contributed by atoms with E-state index < -0.39 is 5.60 Å². The van der Waals surface area contributed by atoms with Gasteiger partial charge in [-0.3, -0.25) is 4.68 Å². The lowest BCUT2D eigenvalue weighted by atomic mass is 10.1. The molecular formula is C14H19N3O2. The van der Waals surface area contributed by atoms with Crippen molar-refractivity contribution in [2.24, 2.45) is 0 Å². The van der Waals surface area contributed by atoms with Crippen molar-refractivity contribution in [2.45, 2.75) is 26.0 Å². The van der Waals surface area contributed by atoms with E-state index in [1.807, 2.05) is 18.3 Å². The van der Waals surface area contributed by atoms with E-state index in [0.29, 0.717) is 12.2 Å². The fourth-order valence-electron chi connectivity index (χ4n) is 1.94. The lowest BCUT2D eigenvalue weighted by Crippen LogP contribution is -2.26. The first-order chi connectivity index (χ1) is 8.89. The van der Waals surface area contributed by atoms with Crippen LogP contribution in [0.1, 0.15) is 13.8 Å². The summed E-state index contributed by atoms with van der Waals surface area (Å²) in [6.07, 6.45) is 3.61. The molecular weight excluding hydrogens is 242 g/mol. The van der Waals surface area contributed by atoms with Crippen LogP contribution >= 0.6 is 0 Å². The normalized spacial score (nSPS) is 11.6. The molecule has 5 heteroatoms. The number of hydrogen-bond acceptors (Lipinski definition) is 4. The first-order valence-corrected chi connectivity index (χ1v) is 6.08. The Labute approximate surface area is 112 Å². The Morgan fingerprint density at radius 3 is 2.79 bits per heavy atom. The molecule has 19 heavy (non-hydrogen) atoms. The average molecular weight is 261 g/mol. The predicted octanol–water partition coefficient (Wildman–Crippen LogP) is 1.91. The minimum Gasteiger partial charge on any atom is -0.496 e. The summed E-state index contributed by atoms with van der Waals surface area (Å²) in [6, 6.07) is 5.48. The third-order valence-corrected chi connectivity index (χ3v) is 2.72. The van der Waals surface area contributed by atoms with Crippen molar-refractivity contribution in [3.8, 4) is 16.9 Å². The number of nitrogens with two attached hydrogens (primary N) is 1. The van der Waals surface area contributed by atoms with Crippen molar-refractivity contribution in [2.75, 3.05) is 12.8 Å². The van der Waals surface area contributed by atoms with Crippen molar-refractivity contribution in [1.82, 2.24) is 9.78 Å². The van der Waals surface area contributed by atoms with Gasteiger partial charge < -0.3 is 15.6 Å². The van der Waals surface area contributed by atoms with Crippen LogP contribution in [0.15, 0.2) is 30.6 Å². The van der Waals surface area contributed by atoms with E-state index in [2.05, 4.69) is 5.10 Å². The summed E-state index contributed by atoms with van der Waals surface area (Å²) in [4.78, 5) is 0. The van der Waals surface area contributed by atoms with Gasteiger partial charge in [-0.2, -0.15) is 5.10 Å². The van der Waals surface area contributed by atoms with Crippen molar-refractivity contribution in [3.63, 3.8) is 0 Å². The Balaban J connectivity index is 2.35. The molecule has 0 radical (unpaired) electrons. The van der Waals surface area contributed by atoms with Gasteiger partial charge in [-0.1, -0.05) is 0 Å². The van der Waals surface area contributed by atoms with Gasteiger partial charge in [-0.25, -0.2) is 0 Å². The molecule has 0 bridgehead atoms. The van der Waals surface area contributed by atoms with E-state index in [4.69, 9.17) is 10.5 Å². The zero-order valence-electron chi connectivity index (χ0n) is 11.4. The van der Waals surface area contributed by atoms with Crippen molar-refractivity contribution in [1.29, 1.82) is 0 Å². The summed E-state index contributed by atoms with van der Waals surface area (Å²) in [6.45, 7) is 3.92. The number of rotatable bonds is 4. The minimum atomic E-state index is -0.802. The first-order valence-electron chi connectivity index (χ1n) is 6.08. The highest BCUT2D eigenvalue weighted by Crippen LogP contribution is 2.31. The SMILES string of the molecule is COc1ccc(N)cc1-c1cnn(CC(C)(C)O)c1. The van der Waals surface area contributed by atoms with E-state index >= 15 is 0 Å². The maximum atomic E-state index is 9.79. The average Bonchev–Trinajstić information content (AvgIpc) is 2.75. The van der Waals surface area contributed by atoms with Crippen molar-refractivity contribution in [3.05, 3.63) is 30.6 Å². The molecule has 0 spiro atoms. The highest BCUT2D eigenvalue weighted by atomic mass is 16.5. The molecule has 0 aliphatic carbocycles. The Hall–Kier alpha value is -2.01. The molecule has 3 N–H and O–H groups in total. The van der Waals surface area contributed by atoms with Crippen LogP contribution in [-0.2, 0) is 6.54 Å². The quantitative estimate of drug-likeness (QED) is 0.825. The Kier molecular flexibility index (Phi) is 3.48.